The van der Waals surface area contributed by atoms with Crippen LogP contribution in [0.4, 0.5) is 0 Å². The van der Waals surface area contributed by atoms with E-state index in [1.807, 2.05) is 0 Å². The van der Waals surface area contributed by atoms with Gasteiger partial charge in [0.25, 0.3) is 0 Å². The lowest BCUT2D eigenvalue weighted by Gasteiger charge is -2.29. The van der Waals surface area contributed by atoms with Crippen molar-refractivity contribution in [3.05, 3.63) is 24.3 Å². The first-order chi connectivity index (χ1) is 10.4. The summed E-state index contributed by atoms with van der Waals surface area (Å²) in [7, 11) is -3.45. The van der Waals surface area contributed by atoms with E-state index >= 15 is 0 Å². The third-order valence-electron chi connectivity index (χ3n) is 3.85. The smallest absolute Gasteiger partial charge is 0.243 e. The fourth-order valence-corrected chi connectivity index (χ4v) is 4.00. The summed E-state index contributed by atoms with van der Waals surface area (Å²) >= 11 is 0. The minimum absolute atomic E-state index is 0.0674. The highest BCUT2D eigenvalue weighted by Crippen LogP contribution is 2.22. The molecule has 0 aromatic heterocycles. The van der Waals surface area contributed by atoms with Crippen LogP contribution in [0.15, 0.2) is 29.2 Å². The van der Waals surface area contributed by atoms with Gasteiger partial charge in [0, 0.05) is 19.1 Å². The second-order valence-electron chi connectivity index (χ2n) is 6.27. The van der Waals surface area contributed by atoms with E-state index in [2.05, 4.69) is 13.8 Å². The van der Waals surface area contributed by atoms with Crippen LogP contribution in [0.3, 0.4) is 0 Å². The first-order valence-corrected chi connectivity index (χ1v) is 9.32. The van der Waals surface area contributed by atoms with Crippen molar-refractivity contribution in [2.45, 2.75) is 44.0 Å². The van der Waals surface area contributed by atoms with E-state index in [-0.39, 0.29) is 6.04 Å². The number of hydrogen-bond acceptors (Lipinski definition) is 4. The van der Waals surface area contributed by atoms with Crippen molar-refractivity contribution in [2.24, 2.45) is 11.7 Å². The zero-order valence-electron chi connectivity index (χ0n) is 13.4. The molecular formula is C16H26N2O3S. The molecule has 124 valence electrons. The quantitative estimate of drug-likeness (QED) is 0.870. The van der Waals surface area contributed by atoms with Crippen LogP contribution in [0.25, 0.3) is 0 Å². The van der Waals surface area contributed by atoms with Crippen molar-refractivity contribution in [3.63, 3.8) is 0 Å². The monoisotopic (exact) mass is 326 g/mol. The molecule has 1 aromatic carbocycles. The lowest BCUT2D eigenvalue weighted by Crippen LogP contribution is -2.45. The molecule has 1 fully saturated rings. The van der Waals surface area contributed by atoms with Crippen LogP contribution in [0.5, 0.6) is 5.75 Å². The van der Waals surface area contributed by atoms with Crippen LogP contribution in [0.1, 0.15) is 33.1 Å². The standard InChI is InChI=1S/C16H26N2O3S/c1-13(2)9-11-21-15-5-7-16(8-6-15)22(19,20)18-10-3-4-14(17)12-18/h5-8,13-14H,3-4,9-12,17H2,1-2H3. The summed E-state index contributed by atoms with van der Waals surface area (Å²) in [5, 5.41) is 0. The third-order valence-corrected chi connectivity index (χ3v) is 5.73. The molecule has 0 radical (unpaired) electrons. The number of ether oxygens (including phenoxy) is 1. The Bertz CT molecular complexity index is 570. The van der Waals surface area contributed by atoms with Gasteiger partial charge in [-0.1, -0.05) is 13.8 Å². The molecule has 1 unspecified atom stereocenters. The molecule has 1 heterocycles. The van der Waals surface area contributed by atoms with Crippen LogP contribution in [-0.4, -0.2) is 38.5 Å². The van der Waals surface area contributed by atoms with Gasteiger partial charge in [0.15, 0.2) is 0 Å². The highest BCUT2D eigenvalue weighted by molar-refractivity contribution is 7.89. The molecule has 6 heteroatoms. The molecule has 1 aromatic rings. The van der Waals surface area contributed by atoms with Crippen molar-refractivity contribution in [2.75, 3.05) is 19.7 Å². The fraction of sp³-hybridized carbons (Fsp3) is 0.625. The summed E-state index contributed by atoms with van der Waals surface area (Å²) in [6.45, 7) is 5.87. The lowest BCUT2D eigenvalue weighted by atomic mass is 10.1. The van der Waals surface area contributed by atoms with E-state index in [1.165, 1.54) is 4.31 Å². The Morgan fingerprint density at radius 1 is 1.32 bits per heavy atom. The van der Waals surface area contributed by atoms with Gasteiger partial charge in [-0.2, -0.15) is 4.31 Å². The molecule has 1 aliphatic heterocycles. The molecule has 0 bridgehead atoms. The summed E-state index contributed by atoms with van der Waals surface area (Å²) in [6, 6.07) is 6.59. The number of piperidine rings is 1. The maximum Gasteiger partial charge on any atom is 0.243 e. The summed E-state index contributed by atoms with van der Waals surface area (Å²) in [5.41, 5.74) is 5.88. The minimum atomic E-state index is -3.45. The van der Waals surface area contributed by atoms with E-state index < -0.39 is 10.0 Å². The van der Waals surface area contributed by atoms with E-state index in [4.69, 9.17) is 10.5 Å². The van der Waals surface area contributed by atoms with Gasteiger partial charge >= 0.3 is 0 Å². The number of nitrogens with zero attached hydrogens (tertiary/aromatic N) is 1. The number of hydrogen-bond donors (Lipinski definition) is 1. The zero-order chi connectivity index (χ0) is 16.2. The largest absolute Gasteiger partial charge is 0.494 e. The summed E-state index contributed by atoms with van der Waals surface area (Å²) in [5.74, 6) is 1.29. The third kappa shape index (κ3) is 4.44. The van der Waals surface area contributed by atoms with E-state index in [0.29, 0.717) is 36.3 Å². The second-order valence-corrected chi connectivity index (χ2v) is 8.21. The van der Waals surface area contributed by atoms with Crippen LogP contribution in [-0.2, 0) is 10.0 Å². The minimum Gasteiger partial charge on any atom is -0.494 e. The van der Waals surface area contributed by atoms with Crippen LogP contribution < -0.4 is 10.5 Å². The molecule has 2 rings (SSSR count). The van der Waals surface area contributed by atoms with Crippen LogP contribution in [0.2, 0.25) is 0 Å². The molecule has 0 saturated carbocycles. The zero-order valence-corrected chi connectivity index (χ0v) is 14.2. The number of rotatable bonds is 6. The molecule has 1 saturated heterocycles. The molecule has 5 nitrogen and oxygen atoms in total. The summed E-state index contributed by atoms with van der Waals surface area (Å²) in [4.78, 5) is 0.304. The average molecular weight is 326 g/mol. The molecule has 2 N–H and O–H groups in total. The Morgan fingerprint density at radius 3 is 2.59 bits per heavy atom. The molecule has 22 heavy (non-hydrogen) atoms. The summed E-state index contributed by atoms with van der Waals surface area (Å²) < 4.78 is 32.3. The highest BCUT2D eigenvalue weighted by Gasteiger charge is 2.28. The van der Waals surface area contributed by atoms with Crippen LogP contribution >= 0.6 is 0 Å². The van der Waals surface area contributed by atoms with Gasteiger partial charge in [0.1, 0.15) is 5.75 Å². The van der Waals surface area contributed by atoms with E-state index in [0.717, 1.165) is 19.3 Å². The van der Waals surface area contributed by atoms with Crippen molar-refractivity contribution in [1.82, 2.24) is 4.31 Å². The Morgan fingerprint density at radius 2 is 2.00 bits per heavy atom. The Balaban J connectivity index is 2.02. The van der Waals surface area contributed by atoms with E-state index in [1.54, 1.807) is 24.3 Å². The predicted molar refractivity (Wildman–Crippen MR) is 87.4 cm³/mol. The fourth-order valence-electron chi connectivity index (χ4n) is 2.46. The SMILES string of the molecule is CC(C)CCOc1ccc(S(=O)(=O)N2CCCC(N)C2)cc1. The highest BCUT2D eigenvalue weighted by atomic mass is 32.2. The number of benzene rings is 1. The van der Waals surface area contributed by atoms with Gasteiger partial charge in [0.05, 0.1) is 11.5 Å². The first kappa shape index (κ1) is 17.2. The van der Waals surface area contributed by atoms with Crippen LogP contribution in [0, 0.1) is 5.92 Å². The average Bonchev–Trinajstić information content (AvgIpc) is 2.47. The van der Waals surface area contributed by atoms with Gasteiger partial charge in [-0.15, -0.1) is 0 Å². The van der Waals surface area contributed by atoms with Crippen molar-refractivity contribution in [1.29, 1.82) is 0 Å². The molecule has 1 aliphatic rings. The Hall–Kier alpha value is -1.11. The van der Waals surface area contributed by atoms with Gasteiger partial charge in [0.2, 0.25) is 10.0 Å². The van der Waals surface area contributed by atoms with Crippen molar-refractivity contribution in [3.8, 4) is 5.75 Å². The Labute approximate surface area is 133 Å². The predicted octanol–water partition coefficient (Wildman–Crippen LogP) is 2.22. The maximum absolute atomic E-state index is 12.6. The van der Waals surface area contributed by atoms with Crippen molar-refractivity contribution >= 4 is 10.0 Å². The topological polar surface area (TPSA) is 72.6 Å². The van der Waals surface area contributed by atoms with Gasteiger partial charge < -0.3 is 10.5 Å². The summed E-state index contributed by atoms with van der Waals surface area (Å²) in [6.07, 6.45) is 2.68. The maximum atomic E-state index is 12.6. The molecular weight excluding hydrogens is 300 g/mol. The lowest BCUT2D eigenvalue weighted by molar-refractivity contribution is 0.289. The number of sulfonamides is 1. The molecule has 0 amide bonds. The molecule has 0 aliphatic carbocycles. The van der Waals surface area contributed by atoms with Crippen molar-refractivity contribution < 1.29 is 13.2 Å². The first-order valence-electron chi connectivity index (χ1n) is 7.88. The molecule has 1 atom stereocenters. The van der Waals surface area contributed by atoms with Gasteiger partial charge in [-0.05, 0) is 49.4 Å². The normalized spacial score (nSPS) is 20.3. The molecule has 0 spiro atoms. The van der Waals surface area contributed by atoms with E-state index in [9.17, 15) is 8.42 Å². The Kier molecular flexibility index (Phi) is 5.83. The van der Waals surface area contributed by atoms with Gasteiger partial charge in [-0.3, -0.25) is 0 Å². The second kappa shape index (κ2) is 7.44. The number of nitrogens with two attached hydrogens (primary N) is 1. The van der Waals surface area contributed by atoms with Gasteiger partial charge in [-0.25, -0.2) is 8.42 Å².